The first-order chi connectivity index (χ1) is 8.63. The van der Waals surface area contributed by atoms with Crippen LogP contribution in [0.3, 0.4) is 0 Å². The lowest BCUT2D eigenvalue weighted by molar-refractivity contribution is 0.220. The Morgan fingerprint density at radius 1 is 1.28 bits per heavy atom. The summed E-state index contributed by atoms with van der Waals surface area (Å²) in [4.78, 5) is 0. The van der Waals surface area contributed by atoms with Gasteiger partial charge in [0.2, 0.25) is 0 Å². The standard InChI is InChI=1S/C15H20BrNO/c1-10-7-13(8-11(2)14(10)16)15(17-3)12-5-4-6-18-9-12/h7-9,15,17H,4-6H2,1-3H3. The number of aryl methyl sites for hydroxylation is 2. The van der Waals surface area contributed by atoms with Gasteiger partial charge < -0.3 is 10.1 Å². The molecule has 1 heterocycles. The van der Waals surface area contributed by atoms with Crippen LogP contribution in [0.1, 0.15) is 35.6 Å². The number of ether oxygens (including phenoxy) is 1. The van der Waals surface area contributed by atoms with Crippen LogP contribution in [0.5, 0.6) is 0 Å². The van der Waals surface area contributed by atoms with E-state index in [1.807, 2.05) is 13.3 Å². The molecule has 18 heavy (non-hydrogen) atoms. The molecule has 3 heteroatoms. The summed E-state index contributed by atoms with van der Waals surface area (Å²) in [6, 6.07) is 4.75. The van der Waals surface area contributed by atoms with Crippen LogP contribution in [0.15, 0.2) is 28.4 Å². The van der Waals surface area contributed by atoms with Gasteiger partial charge in [0.15, 0.2) is 0 Å². The zero-order valence-electron chi connectivity index (χ0n) is 11.2. The lowest BCUT2D eigenvalue weighted by Gasteiger charge is -2.24. The summed E-state index contributed by atoms with van der Waals surface area (Å²) in [5.41, 5.74) is 5.21. The predicted octanol–water partition coefficient (Wildman–Crippen LogP) is 4.02. The lowest BCUT2D eigenvalue weighted by atomic mass is 9.93. The van der Waals surface area contributed by atoms with Gasteiger partial charge in [-0.15, -0.1) is 0 Å². The number of rotatable bonds is 3. The minimum absolute atomic E-state index is 0.260. The monoisotopic (exact) mass is 309 g/mol. The minimum Gasteiger partial charge on any atom is -0.501 e. The molecule has 0 bridgehead atoms. The van der Waals surface area contributed by atoms with E-state index in [0.717, 1.165) is 19.4 Å². The maximum Gasteiger partial charge on any atom is 0.0876 e. The Morgan fingerprint density at radius 3 is 2.44 bits per heavy atom. The third-order valence-corrected chi connectivity index (χ3v) is 4.66. The van der Waals surface area contributed by atoms with Gasteiger partial charge in [0, 0.05) is 4.47 Å². The van der Waals surface area contributed by atoms with E-state index in [1.165, 1.54) is 26.7 Å². The maximum absolute atomic E-state index is 5.46. The second-order valence-corrected chi connectivity index (χ2v) is 5.65. The average molecular weight is 310 g/mol. The van der Waals surface area contributed by atoms with Crippen molar-refractivity contribution < 1.29 is 4.74 Å². The molecule has 0 aliphatic carbocycles. The molecule has 2 nitrogen and oxygen atoms in total. The van der Waals surface area contributed by atoms with Crippen molar-refractivity contribution in [2.24, 2.45) is 0 Å². The fraction of sp³-hybridized carbons (Fsp3) is 0.467. The first kappa shape index (κ1) is 13.6. The molecule has 1 N–H and O–H groups in total. The molecule has 0 aromatic heterocycles. The van der Waals surface area contributed by atoms with Crippen LogP contribution in [0.4, 0.5) is 0 Å². The molecule has 1 aliphatic rings. The topological polar surface area (TPSA) is 21.3 Å². The van der Waals surface area contributed by atoms with Crippen molar-refractivity contribution in [3.63, 3.8) is 0 Å². The van der Waals surface area contributed by atoms with E-state index in [1.54, 1.807) is 0 Å². The Kier molecular flexibility index (Phi) is 4.46. The molecule has 0 fully saturated rings. The fourth-order valence-corrected chi connectivity index (χ4v) is 2.74. The van der Waals surface area contributed by atoms with E-state index in [2.05, 4.69) is 47.2 Å². The Balaban J connectivity index is 2.35. The van der Waals surface area contributed by atoms with Crippen molar-refractivity contribution >= 4 is 15.9 Å². The van der Waals surface area contributed by atoms with Crippen LogP contribution in [0.25, 0.3) is 0 Å². The number of nitrogens with one attached hydrogen (secondary N) is 1. The predicted molar refractivity (Wildman–Crippen MR) is 78.7 cm³/mol. The van der Waals surface area contributed by atoms with Gasteiger partial charge in [-0.25, -0.2) is 0 Å². The summed E-state index contributed by atoms with van der Waals surface area (Å²) < 4.78 is 6.66. The van der Waals surface area contributed by atoms with Gasteiger partial charge in [0.05, 0.1) is 18.9 Å². The van der Waals surface area contributed by atoms with Crippen molar-refractivity contribution in [2.75, 3.05) is 13.7 Å². The Labute approximate surface area is 118 Å². The zero-order valence-corrected chi connectivity index (χ0v) is 12.8. The first-order valence-corrected chi connectivity index (χ1v) is 7.17. The molecule has 0 saturated carbocycles. The van der Waals surface area contributed by atoms with E-state index in [0.29, 0.717) is 0 Å². The van der Waals surface area contributed by atoms with E-state index in [-0.39, 0.29) is 6.04 Å². The summed E-state index contributed by atoms with van der Waals surface area (Å²) >= 11 is 3.62. The highest BCUT2D eigenvalue weighted by Crippen LogP contribution is 2.31. The van der Waals surface area contributed by atoms with Crippen LogP contribution in [-0.2, 0) is 4.74 Å². The largest absolute Gasteiger partial charge is 0.501 e. The second kappa shape index (κ2) is 5.89. The van der Waals surface area contributed by atoms with Crippen LogP contribution < -0.4 is 5.32 Å². The normalized spacial score (nSPS) is 17.0. The van der Waals surface area contributed by atoms with Crippen molar-refractivity contribution in [1.82, 2.24) is 5.32 Å². The van der Waals surface area contributed by atoms with Crippen molar-refractivity contribution in [3.8, 4) is 0 Å². The molecule has 0 spiro atoms. The third-order valence-electron chi connectivity index (χ3n) is 3.41. The van der Waals surface area contributed by atoms with Gasteiger partial charge >= 0.3 is 0 Å². The van der Waals surface area contributed by atoms with Crippen LogP contribution in [-0.4, -0.2) is 13.7 Å². The van der Waals surface area contributed by atoms with Gasteiger partial charge in [0.1, 0.15) is 0 Å². The van der Waals surface area contributed by atoms with E-state index in [4.69, 9.17) is 4.74 Å². The molecular weight excluding hydrogens is 290 g/mol. The summed E-state index contributed by atoms with van der Waals surface area (Å²) in [5.74, 6) is 0. The van der Waals surface area contributed by atoms with Crippen LogP contribution >= 0.6 is 15.9 Å². The fourth-order valence-electron chi connectivity index (χ4n) is 2.51. The van der Waals surface area contributed by atoms with Gasteiger partial charge in [-0.1, -0.05) is 28.1 Å². The SMILES string of the molecule is CNC(C1=COCCC1)c1cc(C)c(Br)c(C)c1. The number of likely N-dealkylation sites (N-methyl/N-ethyl adjacent to an activating group) is 1. The average Bonchev–Trinajstić information content (AvgIpc) is 2.38. The molecule has 0 radical (unpaired) electrons. The van der Waals surface area contributed by atoms with E-state index in [9.17, 15) is 0 Å². The molecule has 1 atom stereocenters. The summed E-state index contributed by atoms with van der Waals surface area (Å²) in [5, 5.41) is 3.40. The maximum atomic E-state index is 5.46. The lowest BCUT2D eigenvalue weighted by Crippen LogP contribution is -2.21. The van der Waals surface area contributed by atoms with Crippen molar-refractivity contribution in [1.29, 1.82) is 0 Å². The molecular formula is C15H20BrNO. The number of hydrogen-bond acceptors (Lipinski definition) is 2. The Hall–Kier alpha value is -0.800. The Morgan fingerprint density at radius 2 is 1.94 bits per heavy atom. The molecule has 98 valence electrons. The smallest absolute Gasteiger partial charge is 0.0876 e. The van der Waals surface area contributed by atoms with Crippen molar-refractivity contribution in [3.05, 3.63) is 45.1 Å². The number of hydrogen-bond donors (Lipinski definition) is 1. The number of halogens is 1. The summed E-state index contributed by atoms with van der Waals surface area (Å²) in [6.07, 6.45) is 4.15. The van der Waals surface area contributed by atoms with Gasteiger partial charge in [0.25, 0.3) is 0 Å². The van der Waals surface area contributed by atoms with Gasteiger partial charge in [-0.3, -0.25) is 0 Å². The van der Waals surface area contributed by atoms with Crippen molar-refractivity contribution in [2.45, 2.75) is 32.7 Å². The molecule has 1 aromatic rings. The number of benzene rings is 1. The Bertz CT molecular complexity index is 445. The second-order valence-electron chi connectivity index (χ2n) is 4.86. The van der Waals surface area contributed by atoms with Crippen LogP contribution in [0.2, 0.25) is 0 Å². The highest BCUT2D eigenvalue weighted by atomic mass is 79.9. The molecule has 1 unspecified atom stereocenters. The zero-order chi connectivity index (χ0) is 13.1. The molecule has 1 aromatic carbocycles. The molecule has 0 amide bonds. The first-order valence-electron chi connectivity index (χ1n) is 6.38. The third kappa shape index (κ3) is 2.78. The van der Waals surface area contributed by atoms with E-state index < -0.39 is 0 Å². The highest BCUT2D eigenvalue weighted by Gasteiger charge is 2.18. The summed E-state index contributed by atoms with van der Waals surface area (Å²) in [6.45, 7) is 5.12. The van der Waals surface area contributed by atoms with Gasteiger partial charge in [-0.05, 0) is 56.0 Å². The van der Waals surface area contributed by atoms with Gasteiger partial charge in [-0.2, -0.15) is 0 Å². The highest BCUT2D eigenvalue weighted by molar-refractivity contribution is 9.10. The molecule has 1 aliphatic heterocycles. The van der Waals surface area contributed by atoms with E-state index >= 15 is 0 Å². The minimum atomic E-state index is 0.260. The molecule has 0 saturated heterocycles. The van der Waals surface area contributed by atoms with Crippen LogP contribution in [0, 0.1) is 13.8 Å². The quantitative estimate of drug-likeness (QED) is 0.910. The summed E-state index contributed by atoms with van der Waals surface area (Å²) in [7, 11) is 2.01. The molecule has 2 rings (SSSR count).